The number of imide groups is 1. The normalized spacial score (nSPS) is 22.8. The summed E-state index contributed by atoms with van der Waals surface area (Å²) in [5.41, 5.74) is 2.17. The summed E-state index contributed by atoms with van der Waals surface area (Å²) in [7, 11) is 0. The summed E-state index contributed by atoms with van der Waals surface area (Å²) in [6.45, 7) is 4.30. The molecule has 4 heteroatoms. The SMILES string of the molecule is CC(C)c1ccc(NC2CC(=O)N(C3CC3)C2=O)cc1. The number of benzene rings is 1. The van der Waals surface area contributed by atoms with Crippen molar-refractivity contribution in [2.24, 2.45) is 0 Å². The van der Waals surface area contributed by atoms with Crippen LogP contribution in [0.2, 0.25) is 0 Å². The van der Waals surface area contributed by atoms with Crippen LogP contribution in [0.15, 0.2) is 24.3 Å². The first-order valence-electron chi connectivity index (χ1n) is 7.28. The van der Waals surface area contributed by atoms with Gasteiger partial charge in [0.1, 0.15) is 6.04 Å². The monoisotopic (exact) mass is 272 g/mol. The Morgan fingerprint density at radius 3 is 2.35 bits per heavy atom. The van der Waals surface area contributed by atoms with Crippen LogP contribution in [0, 0.1) is 0 Å². The van der Waals surface area contributed by atoms with Crippen molar-refractivity contribution >= 4 is 17.5 Å². The van der Waals surface area contributed by atoms with E-state index in [1.807, 2.05) is 12.1 Å². The van der Waals surface area contributed by atoms with E-state index in [0.29, 0.717) is 5.92 Å². The third-order valence-electron chi connectivity index (χ3n) is 4.01. The molecule has 1 atom stereocenters. The van der Waals surface area contributed by atoms with Gasteiger partial charge in [-0.05, 0) is 36.5 Å². The van der Waals surface area contributed by atoms with Gasteiger partial charge in [-0.15, -0.1) is 0 Å². The van der Waals surface area contributed by atoms with E-state index in [0.717, 1.165) is 18.5 Å². The van der Waals surface area contributed by atoms with Crippen LogP contribution in [0.1, 0.15) is 44.6 Å². The first-order chi connectivity index (χ1) is 9.56. The summed E-state index contributed by atoms with van der Waals surface area (Å²) >= 11 is 0. The summed E-state index contributed by atoms with van der Waals surface area (Å²) in [4.78, 5) is 25.6. The molecule has 2 amide bonds. The molecule has 2 aliphatic rings. The van der Waals surface area contributed by atoms with Gasteiger partial charge in [0.25, 0.3) is 5.91 Å². The number of hydrogen-bond acceptors (Lipinski definition) is 3. The number of nitrogens with zero attached hydrogens (tertiary/aromatic N) is 1. The fourth-order valence-electron chi connectivity index (χ4n) is 2.65. The Bertz CT molecular complexity index is 532. The van der Waals surface area contributed by atoms with E-state index in [2.05, 4.69) is 31.3 Å². The molecular formula is C16H20N2O2. The maximum atomic E-state index is 12.2. The fraction of sp³-hybridized carbons (Fsp3) is 0.500. The van der Waals surface area contributed by atoms with Gasteiger partial charge in [0.05, 0.1) is 6.42 Å². The molecule has 1 N–H and O–H groups in total. The Labute approximate surface area is 119 Å². The zero-order valence-electron chi connectivity index (χ0n) is 11.9. The minimum absolute atomic E-state index is 0.0335. The number of nitrogens with one attached hydrogen (secondary N) is 1. The predicted octanol–water partition coefficient (Wildman–Crippen LogP) is 2.51. The highest BCUT2D eigenvalue weighted by atomic mass is 16.2. The summed E-state index contributed by atoms with van der Waals surface area (Å²) in [6.07, 6.45) is 2.21. The lowest BCUT2D eigenvalue weighted by Crippen LogP contribution is -2.36. The molecule has 1 aliphatic heterocycles. The minimum Gasteiger partial charge on any atom is -0.373 e. The first-order valence-corrected chi connectivity index (χ1v) is 7.28. The molecule has 106 valence electrons. The lowest BCUT2D eigenvalue weighted by molar-refractivity contribution is -0.139. The Morgan fingerprint density at radius 2 is 1.80 bits per heavy atom. The lowest BCUT2D eigenvalue weighted by atomic mass is 10.0. The number of anilines is 1. The average molecular weight is 272 g/mol. The number of amides is 2. The Balaban J connectivity index is 1.68. The van der Waals surface area contributed by atoms with Crippen LogP contribution < -0.4 is 5.32 Å². The van der Waals surface area contributed by atoms with E-state index in [1.54, 1.807) is 0 Å². The summed E-state index contributed by atoms with van der Waals surface area (Å²) in [6, 6.07) is 7.86. The number of carbonyl (C=O) groups is 2. The molecule has 0 spiro atoms. The zero-order chi connectivity index (χ0) is 14.3. The van der Waals surface area contributed by atoms with Gasteiger partial charge in [0, 0.05) is 11.7 Å². The summed E-state index contributed by atoms with van der Waals surface area (Å²) < 4.78 is 0. The topological polar surface area (TPSA) is 49.4 Å². The van der Waals surface area contributed by atoms with Crippen molar-refractivity contribution in [2.75, 3.05) is 5.32 Å². The van der Waals surface area contributed by atoms with E-state index in [-0.39, 0.29) is 24.3 Å². The molecule has 1 aliphatic carbocycles. The quantitative estimate of drug-likeness (QED) is 0.857. The van der Waals surface area contributed by atoms with Crippen LogP contribution >= 0.6 is 0 Å². The number of rotatable bonds is 4. The third kappa shape index (κ3) is 2.42. The van der Waals surface area contributed by atoms with Crippen molar-refractivity contribution in [2.45, 2.75) is 51.1 Å². The molecule has 0 aromatic heterocycles. The number of likely N-dealkylation sites (tertiary alicyclic amines) is 1. The second-order valence-electron chi connectivity index (χ2n) is 6.01. The van der Waals surface area contributed by atoms with Crippen LogP contribution in [0.5, 0.6) is 0 Å². The predicted molar refractivity (Wildman–Crippen MR) is 77.4 cm³/mol. The molecule has 0 bridgehead atoms. The highest BCUT2D eigenvalue weighted by Crippen LogP contribution is 2.32. The molecule has 2 fully saturated rings. The molecule has 3 rings (SSSR count). The van der Waals surface area contributed by atoms with E-state index in [1.165, 1.54) is 10.5 Å². The molecule has 1 unspecified atom stereocenters. The van der Waals surface area contributed by atoms with Gasteiger partial charge in [-0.3, -0.25) is 14.5 Å². The van der Waals surface area contributed by atoms with Crippen LogP contribution in [-0.2, 0) is 9.59 Å². The molecule has 20 heavy (non-hydrogen) atoms. The maximum absolute atomic E-state index is 12.2. The second-order valence-corrected chi connectivity index (χ2v) is 6.01. The third-order valence-corrected chi connectivity index (χ3v) is 4.01. The van der Waals surface area contributed by atoms with E-state index in [4.69, 9.17) is 0 Å². The number of hydrogen-bond donors (Lipinski definition) is 1. The molecule has 0 radical (unpaired) electrons. The summed E-state index contributed by atoms with van der Waals surface area (Å²) in [5, 5.41) is 3.19. The summed E-state index contributed by atoms with van der Waals surface area (Å²) in [5.74, 6) is 0.392. The largest absolute Gasteiger partial charge is 0.373 e. The van der Waals surface area contributed by atoms with Gasteiger partial charge in [-0.2, -0.15) is 0 Å². The van der Waals surface area contributed by atoms with Gasteiger partial charge in [-0.1, -0.05) is 26.0 Å². The fourth-order valence-corrected chi connectivity index (χ4v) is 2.65. The van der Waals surface area contributed by atoms with Gasteiger partial charge in [0.15, 0.2) is 0 Å². The Morgan fingerprint density at radius 1 is 1.15 bits per heavy atom. The average Bonchev–Trinajstić information content (AvgIpc) is 3.19. The molecule has 1 heterocycles. The van der Waals surface area contributed by atoms with Gasteiger partial charge < -0.3 is 5.32 Å². The molecule has 1 saturated carbocycles. The molecule has 4 nitrogen and oxygen atoms in total. The van der Waals surface area contributed by atoms with E-state index in [9.17, 15) is 9.59 Å². The van der Waals surface area contributed by atoms with E-state index >= 15 is 0 Å². The van der Waals surface area contributed by atoms with Gasteiger partial charge in [0.2, 0.25) is 5.91 Å². The maximum Gasteiger partial charge on any atom is 0.252 e. The number of carbonyl (C=O) groups excluding carboxylic acids is 2. The van der Waals surface area contributed by atoms with Crippen molar-refractivity contribution in [1.29, 1.82) is 0 Å². The van der Waals surface area contributed by atoms with Crippen molar-refractivity contribution in [3.05, 3.63) is 29.8 Å². The molecule has 1 aromatic rings. The van der Waals surface area contributed by atoms with Gasteiger partial charge in [-0.25, -0.2) is 0 Å². The highest BCUT2D eigenvalue weighted by Gasteiger charge is 2.46. The molecule has 1 saturated heterocycles. The van der Waals surface area contributed by atoms with Crippen molar-refractivity contribution in [1.82, 2.24) is 4.90 Å². The minimum atomic E-state index is -0.395. The van der Waals surface area contributed by atoms with E-state index < -0.39 is 6.04 Å². The Kier molecular flexibility index (Phi) is 3.24. The smallest absolute Gasteiger partial charge is 0.252 e. The van der Waals surface area contributed by atoms with Crippen molar-refractivity contribution < 1.29 is 9.59 Å². The van der Waals surface area contributed by atoms with Gasteiger partial charge >= 0.3 is 0 Å². The van der Waals surface area contributed by atoms with Crippen LogP contribution in [-0.4, -0.2) is 28.8 Å². The van der Waals surface area contributed by atoms with Crippen LogP contribution in [0.3, 0.4) is 0 Å². The van der Waals surface area contributed by atoms with Crippen molar-refractivity contribution in [3.63, 3.8) is 0 Å². The molecule has 1 aromatic carbocycles. The second kappa shape index (κ2) is 4.93. The van der Waals surface area contributed by atoms with Crippen LogP contribution in [0.4, 0.5) is 5.69 Å². The standard InChI is InChI=1S/C16H20N2O2/c1-10(2)11-3-5-12(6-4-11)17-14-9-15(19)18(16(14)20)13-7-8-13/h3-6,10,13-14,17H,7-9H2,1-2H3. The first kappa shape index (κ1) is 13.2. The van der Waals surface area contributed by atoms with Crippen molar-refractivity contribution in [3.8, 4) is 0 Å². The Hall–Kier alpha value is -1.84. The highest BCUT2D eigenvalue weighted by molar-refractivity contribution is 6.07. The molecular weight excluding hydrogens is 252 g/mol. The van der Waals surface area contributed by atoms with Crippen LogP contribution in [0.25, 0.3) is 0 Å². The lowest BCUT2D eigenvalue weighted by Gasteiger charge is -2.15. The zero-order valence-corrected chi connectivity index (χ0v) is 11.9.